The second-order valence-electron chi connectivity index (χ2n) is 4.84. The third-order valence-electron chi connectivity index (χ3n) is 3.06. The quantitative estimate of drug-likeness (QED) is 0.527. The molecule has 3 N–H and O–H groups in total. The van der Waals surface area contributed by atoms with Crippen molar-refractivity contribution in [2.75, 3.05) is 13.2 Å². The van der Waals surface area contributed by atoms with Gasteiger partial charge in [0, 0.05) is 5.39 Å². The molecular formula is C15H17N3O4. The molecule has 0 fully saturated rings. The Morgan fingerprint density at radius 2 is 2.32 bits per heavy atom. The number of nitrogens with one attached hydrogen (secondary N) is 2. The lowest BCUT2D eigenvalue weighted by atomic mass is 10.1. The molecule has 2 rings (SSSR count). The minimum atomic E-state index is -1.16. The van der Waals surface area contributed by atoms with E-state index >= 15 is 0 Å². The average molecular weight is 303 g/mol. The highest BCUT2D eigenvalue weighted by molar-refractivity contribution is 6.06. The molecule has 0 aliphatic carbocycles. The van der Waals surface area contributed by atoms with E-state index in [0.29, 0.717) is 11.1 Å². The van der Waals surface area contributed by atoms with Crippen molar-refractivity contribution in [2.45, 2.75) is 13.0 Å². The van der Waals surface area contributed by atoms with Gasteiger partial charge in [-0.05, 0) is 24.6 Å². The molecule has 1 unspecified atom stereocenters. The van der Waals surface area contributed by atoms with E-state index in [0.717, 1.165) is 10.9 Å². The molecule has 0 radical (unpaired) electrons. The van der Waals surface area contributed by atoms with Crippen LogP contribution in [0.15, 0.2) is 31.0 Å². The summed E-state index contributed by atoms with van der Waals surface area (Å²) < 4.78 is 5.11. The van der Waals surface area contributed by atoms with Crippen LogP contribution in [-0.4, -0.2) is 46.4 Å². The number of aryl methyl sites for hydroxylation is 1. The van der Waals surface area contributed by atoms with E-state index in [4.69, 9.17) is 9.84 Å². The standard InChI is InChI=1S/C15H17N3O4/c1-3-4-22-8-12(15(20)21)17-14(19)11-6-9(2)5-10-7-16-18-13(10)11/h3,5-7,12H,1,4,8H2,2H3,(H,16,18)(H,17,19)(H,20,21). The van der Waals surface area contributed by atoms with Crippen molar-refractivity contribution < 1.29 is 19.4 Å². The topological polar surface area (TPSA) is 104 Å². The third-order valence-corrected chi connectivity index (χ3v) is 3.06. The zero-order chi connectivity index (χ0) is 16.1. The van der Waals surface area contributed by atoms with Crippen molar-refractivity contribution in [3.05, 3.63) is 42.1 Å². The molecule has 22 heavy (non-hydrogen) atoms. The van der Waals surface area contributed by atoms with Crippen molar-refractivity contribution in [1.29, 1.82) is 0 Å². The fourth-order valence-corrected chi connectivity index (χ4v) is 2.07. The van der Waals surface area contributed by atoms with Gasteiger partial charge >= 0.3 is 5.97 Å². The van der Waals surface area contributed by atoms with Gasteiger partial charge in [-0.2, -0.15) is 5.10 Å². The maximum Gasteiger partial charge on any atom is 0.328 e. The molecule has 7 nitrogen and oxygen atoms in total. The third kappa shape index (κ3) is 3.50. The fraction of sp³-hybridized carbons (Fsp3) is 0.267. The Bertz CT molecular complexity index is 708. The molecule has 7 heteroatoms. The number of ether oxygens (including phenoxy) is 1. The first-order valence-corrected chi connectivity index (χ1v) is 6.69. The van der Waals surface area contributed by atoms with E-state index in [2.05, 4.69) is 22.1 Å². The molecule has 1 aromatic heterocycles. The number of nitrogens with zero attached hydrogens (tertiary/aromatic N) is 1. The number of carboxylic acids is 1. The van der Waals surface area contributed by atoms with Crippen molar-refractivity contribution in [2.24, 2.45) is 0 Å². The molecular weight excluding hydrogens is 286 g/mol. The molecule has 0 saturated carbocycles. The van der Waals surface area contributed by atoms with Crippen molar-refractivity contribution >= 4 is 22.8 Å². The van der Waals surface area contributed by atoms with Gasteiger partial charge in [-0.25, -0.2) is 4.79 Å². The van der Waals surface area contributed by atoms with E-state index < -0.39 is 17.9 Å². The SMILES string of the molecule is C=CCOCC(NC(=O)c1cc(C)cc2cn[nH]c12)C(=O)O. The summed E-state index contributed by atoms with van der Waals surface area (Å²) in [4.78, 5) is 23.6. The van der Waals surface area contributed by atoms with E-state index in [9.17, 15) is 9.59 Å². The van der Waals surface area contributed by atoms with Crippen LogP contribution in [0.2, 0.25) is 0 Å². The van der Waals surface area contributed by atoms with Crippen LogP contribution in [0, 0.1) is 6.92 Å². The van der Waals surface area contributed by atoms with Crippen LogP contribution in [0.3, 0.4) is 0 Å². The summed E-state index contributed by atoms with van der Waals surface area (Å²) in [6, 6.07) is 2.43. The van der Waals surface area contributed by atoms with Crippen LogP contribution in [0.4, 0.5) is 0 Å². The summed E-state index contributed by atoms with van der Waals surface area (Å²) in [6.07, 6.45) is 3.12. The first-order valence-electron chi connectivity index (χ1n) is 6.69. The van der Waals surface area contributed by atoms with Crippen LogP contribution < -0.4 is 5.32 Å². The maximum absolute atomic E-state index is 12.4. The molecule has 0 saturated heterocycles. The lowest BCUT2D eigenvalue weighted by molar-refractivity contribution is -0.140. The smallest absolute Gasteiger partial charge is 0.328 e. The molecule has 1 amide bonds. The molecule has 0 spiro atoms. The lowest BCUT2D eigenvalue weighted by Crippen LogP contribution is -2.44. The number of aromatic amines is 1. The Hall–Kier alpha value is -2.67. The number of carbonyl (C=O) groups excluding carboxylic acids is 1. The Kier molecular flexibility index (Phi) is 4.90. The zero-order valence-electron chi connectivity index (χ0n) is 12.1. The van der Waals surface area contributed by atoms with E-state index in [1.165, 1.54) is 6.08 Å². The van der Waals surface area contributed by atoms with Crippen LogP contribution in [0.25, 0.3) is 10.9 Å². The Morgan fingerprint density at radius 3 is 3.00 bits per heavy atom. The number of benzene rings is 1. The molecule has 0 bridgehead atoms. The summed E-state index contributed by atoms with van der Waals surface area (Å²) in [5.41, 5.74) is 1.80. The number of amides is 1. The maximum atomic E-state index is 12.4. The number of H-pyrrole nitrogens is 1. The molecule has 2 aromatic rings. The number of carbonyl (C=O) groups is 2. The first kappa shape index (κ1) is 15.7. The van der Waals surface area contributed by atoms with Gasteiger partial charge in [0.2, 0.25) is 0 Å². The zero-order valence-corrected chi connectivity index (χ0v) is 12.1. The highest BCUT2D eigenvalue weighted by atomic mass is 16.5. The fourth-order valence-electron chi connectivity index (χ4n) is 2.07. The van der Waals surface area contributed by atoms with Crippen LogP contribution >= 0.6 is 0 Å². The molecule has 0 aliphatic rings. The van der Waals surface area contributed by atoms with Gasteiger partial charge < -0.3 is 15.2 Å². The predicted octanol–water partition coefficient (Wildman–Crippen LogP) is 1.26. The second kappa shape index (κ2) is 6.86. The van der Waals surface area contributed by atoms with Gasteiger partial charge in [-0.1, -0.05) is 6.08 Å². The van der Waals surface area contributed by atoms with Crippen molar-refractivity contribution in [3.8, 4) is 0 Å². The van der Waals surface area contributed by atoms with E-state index in [1.807, 2.05) is 13.0 Å². The van der Waals surface area contributed by atoms with Crippen molar-refractivity contribution in [1.82, 2.24) is 15.5 Å². The average Bonchev–Trinajstić information content (AvgIpc) is 2.93. The Labute approximate surface area is 127 Å². The number of aromatic nitrogens is 2. The summed E-state index contributed by atoms with van der Waals surface area (Å²) >= 11 is 0. The molecule has 0 aliphatic heterocycles. The summed E-state index contributed by atoms with van der Waals surface area (Å²) in [6.45, 7) is 5.41. The van der Waals surface area contributed by atoms with Gasteiger partial charge in [-0.3, -0.25) is 9.89 Å². The number of fused-ring (bicyclic) bond motifs is 1. The summed E-state index contributed by atoms with van der Waals surface area (Å²) in [7, 11) is 0. The van der Waals surface area contributed by atoms with Gasteiger partial charge in [-0.15, -0.1) is 6.58 Å². The number of rotatable bonds is 7. The first-order chi connectivity index (χ1) is 10.5. The molecule has 1 heterocycles. The molecule has 116 valence electrons. The molecule has 1 atom stereocenters. The summed E-state index contributed by atoms with van der Waals surface area (Å²) in [5, 5.41) is 19.1. The predicted molar refractivity (Wildman–Crippen MR) is 80.7 cm³/mol. The van der Waals surface area contributed by atoms with E-state index in [-0.39, 0.29) is 13.2 Å². The van der Waals surface area contributed by atoms with Crippen LogP contribution in [0.5, 0.6) is 0 Å². The lowest BCUT2D eigenvalue weighted by Gasteiger charge is -2.15. The number of hydrogen-bond acceptors (Lipinski definition) is 4. The van der Waals surface area contributed by atoms with Crippen LogP contribution in [-0.2, 0) is 9.53 Å². The van der Waals surface area contributed by atoms with Gasteiger partial charge in [0.1, 0.15) is 0 Å². The summed E-state index contributed by atoms with van der Waals surface area (Å²) in [5.74, 6) is -1.65. The normalized spacial score (nSPS) is 12.0. The van der Waals surface area contributed by atoms with Gasteiger partial charge in [0.05, 0.1) is 30.5 Å². The number of hydrogen-bond donors (Lipinski definition) is 3. The van der Waals surface area contributed by atoms with Gasteiger partial charge in [0.15, 0.2) is 6.04 Å². The molecule has 1 aromatic carbocycles. The second-order valence-corrected chi connectivity index (χ2v) is 4.84. The highest BCUT2D eigenvalue weighted by Gasteiger charge is 2.22. The minimum absolute atomic E-state index is 0.134. The number of carboxylic acid groups (broad SMARTS) is 1. The van der Waals surface area contributed by atoms with Crippen LogP contribution in [0.1, 0.15) is 15.9 Å². The van der Waals surface area contributed by atoms with E-state index in [1.54, 1.807) is 12.3 Å². The Balaban J connectivity index is 2.19. The highest BCUT2D eigenvalue weighted by Crippen LogP contribution is 2.18. The Morgan fingerprint density at radius 1 is 1.55 bits per heavy atom. The monoisotopic (exact) mass is 303 g/mol. The van der Waals surface area contributed by atoms with Crippen molar-refractivity contribution in [3.63, 3.8) is 0 Å². The van der Waals surface area contributed by atoms with Gasteiger partial charge in [0.25, 0.3) is 5.91 Å². The largest absolute Gasteiger partial charge is 0.480 e. The minimum Gasteiger partial charge on any atom is -0.480 e. The number of aliphatic carboxylic acids is 1.